The van der Waals surface area contributed by atoms with Crippen LogP contribution in [0.4, 0.5) is 5.82 Å². The van der Waals surface area contributed by atoms with Crippen molar-refractivity contribution in [3.05, 3.63) is 11.8 Å². The lowest BCUT2D eigenvalue weighted by Gasteiger charge is -2.29. The second kappa shape index (κ2) is 5.92. The normalized spacial score (nSPS) is 18.6. The Kier molecular flexibility index (Phi) is 4.46. The maximum absolute atomic E-state index is 12.2. The zero-order valence-corrected chi connectivity index (χ0v) is 12.3. The predicted octanol–water partition coefficient (Wildman–Crippen LogP) is 1.75. The molecule has 1 aromatic heterocycles. The van der Waals surface area contributed by atoms with E-state index in [9.17, 15) is 8.42 Å². The number of aryl methyl sites for hydroxylation is 1. The monoisotopic (exact) mass is 286 g/mol. The Balaban J connectivity index is 1.99. The molecule has 0 unspecified atom stereocenters. The Morgan fingerprint density at radius 2 is 2.16 bits per heavy atom. The van der Waals surface area contributed by atoms with Crippen molar-refractivity contribution in [3.8, 4) is 0 Å². The average Bonchev–Trinajstić information content (AvgIpc) is 2.77. The van der Waals surface area contributed by atoms with Crippen LogP contribution in [-0.2, 0) is 16.6 Å². The third-order valence-electron chi connectivity index (χ3n) is 3.47. The standard InChI is InChI=1S/C12H22N4O2S/c1-3-4-11-9-12(14-13-11)15-19(17,18)16-7-5-10(2)6-8-16/h9-10H,3-8H2,1-2H3,(H2,13,14,15). The van der Waals surface area contributed by atoms with Crippen molar-refractivity contribution in [1.29, 1.82) is 0 Å². The van der Waals surface area contributed by atoms with Crippen LogP contribution in [0.1, 0.15) is 38.8 Å². The van der Waals surface area contributed by atoms with Crippen molar-refractivity contribution in [1.82, 2.24) is 14.5 Å². The lowest BCUT2D eigenvalue weighted by atomic mass is 10.0. The molecule has 2 heterocycles. The van der Waals surface area contributed by atoms with Crippen molar-refractivity contribution < 1.29 is 8.42 Å². The highest BCUT2D eigenvalue weighted by atomic mass is 32.2. The fourth-order valence-corrected chi connectivity index (χ4v) is 3.42. The molecule has 0 spiro atoms. The van der Waals surface area contributed by atoms with E-state index in [0.717, 1.165) is 31.4 Å². The summed E-state index contributed by atoms with van der Waals surface area (Å²) in [5.74, 6) is 0.982. The van der Waals surface area contributed by atoms with Gasteiger partial charge in [0, 0.05) is 24.8 Å². The molecule has 7 heteroatoms. The zero-order valence-electron chi connectivity index (χ0n) is 11.5. The van der Waals surface area contributed by atoms with E-state index in [1.165, 1.54) is 4.31 Å². The van der Waals surface area contributed by atoms with E-state index in [4.69, 9.17) is 0 Å². The molecule has 0 amide bonds. The SMILES string of the molecule is CCCc1cc(NS(=O)(=O)N2CCC(C)CC2)n[nH]1. The summed E-state index contributed by atoms with van der Waals surface area (Å²) in [4.78, 5) is 0. The summed E-state index contributed by atoms with van der Waals surface area (Å²) in [7, 11) is -3.46. The van der Waals surface area contributed by atoms with Crippen LogP contribution in [0.15, 0.2) is 6.07 Å². The molecular weight excluding hydrogens is 264 g/mol. The summed E-state index contributed by atoms with van der Waals surface area (Å²) < 4.78 is 28.4. The van der Waals surface area contributed by atoms with E-state index in [1.54, 1.807) is 6.07 Å². The number of aromatic nitrogens is 2. The van der Waals surface area contributed by atoms with Crippen LogP contribution in [0, 0.1) is 5.92 Å². The van der Waals surface area contributed by atoms with Gasteiger partial charge in [-0.25, -0.2) is 0 Å². The van der Waals surface area contributed by atoms with E-state index in [1.807, 2.05) is 0 Å². The molecule has 2 N–H and O–H groups in total. The van der Waals surface area contributed by atoms with E-state index in [0.29, 0.717) is 24.8 Å². The maximum Gasteiger partial charge on any atom is 0.302 e. The van der Waals surface area contributed by atoms with Gasteiger partial charge in [0.1, 0.15) is 0 Å². The van der Waals surface area contributed by atoms with Gasteiger partial charge in [0.15, 0.2) is 5.82 Å². The fraction of sp³-hybridized carbons (Fsp3) is 0.750. The van der Waals surface area contributed by atoms with Crippen LogP contribution in [0.3, 0.4) is 0 Å². The van der Waals surface area contributed by atoms with Crippen LogP contribution >= 0.6 is 0 Å². The van der Waals surface area contributed by atoms with Crippen LogP contribution < -0.4 is 4.72 Å². The van der Waals surface area contributed by atoms with Gasteiger partial charge in [-0.1, -0.05) is 20.3 Å². The Hall–Kier alpha value is -1.08. The Bertz CT molecular complexity index is 504. The number of nitrogens with one attached hydrogen (secondary N) is 2. The van der Waals surface area contributed by atoms with Gasteiger partial charge in [-0.05, 0) is 25.2 Å². The quantitative estimate of drug-likeness (QED) is 0.865. The van der Waals surface area contributed by atoms with Crippen LogP contribution in [0.25, 0.3) is 0 Å². The second-order valence-electron chi connectivity index (χ2n) is 5.22. The van der Waals surface area contributed by atoms with Gasteiger partial charge in [-0.3, -0.25) is 9.82 Å². The fourth-order valence-electron chi connectivity index (χ4n) is 2.23. The molecule has 1 saturated heterocycles. The smallest absolute Gasteiger partial charge is 0.280 e. The van der Waals surface area contributed by atoms with E-state index in [2.05, 4.69) is 28.8 Å². The highest BCUT2D eigenvalue weighted by molar-refractivity contribution is 7.90. The highest BCUT2D eigenvalue weighted by Gasteiger charge is 2.26. The second-order valence-corrected chi connectivity index (χ2v) is 6.89. The molecule has 1 fully saturated rings. The van der Waals surface area contributed by atoms with Crippen LogP contribution in [-0.4, -0.2) is 36.0 Å². The zero-order chi connectivity index (χ0) is 13.9. The number of H-pyrrole nitrogens is 1. The molecule has 2 rings (SSSR count). The van der Waals surface area contributed by atoms with Crippen molar-refractivity contribution in [2.24, 2.45) is 5.92 Å². The molecular formula is C12H22N4O2S. The van der Waals surface area contributed by atoms with E-state index in [-0.39, 0.29) is 0 Å². The van der Waals surface area contributed by atoms with Crippen molar-refractivity contribution in [3.63, 3.8) is 0 Å². The van der Waals surface area contributed by atoms with Gasteiger partial charge >= 0.3 is 10.2 Å². The minimum Gasteiger partial charge on any atom is -0.280 e. The third kappa shape index (κ3) is 3.70. The lowest BCUT2D eigenvalue weighted by molar-refractivity contribution is 0.289. The maximum atomic E-state index is 12.2. The molecule has 0 saturated carbocycles. The van der Waals surface area contributed by atoms with Gasteiger partial charge in [-0.2, -0.15) is 17.8 Å². The third-order valence-corrected chi connectivity index (χ3v) is 4.98. The number of hydrogen-bond donors (Lipinski definition) is 2. The topological polar surface area (TPSA) is 78.1 Å². The predicted molar refractivity (Wildman–Crippen MR) is 75.1 cm³/mol. The number of nitrogens with zero attached hydrogens (tertiary/aromatic N) is 2. The molecule has 1 aliphatic heterocycles. The van der Waals surface area contributed by atoms with Gasteiger partial charge in [-0.15, -0.1) is 0 Å². The first-order valence-electron chi connectivity index (χ1n) is 6.83. The molecule has 19 heavy (non-hydrogen) atoms. The Morgan fingerprint density at radius 3 is 2.79 bits per heavy atom. The van der Waals surface area contributed by atoms with Crippen molar-refractivity contribution in [2.75, 3.05) is 17.8 Å². The molecule has 0 bridgehead atoms. The largest absolute Gasteiger partial charge is 0.302 e. The molecule has 1 aliphatic rings. The summed E-state index contributed by atoms with van der Waals surface area (Å²) in [6, 6.07) is 1.76. The van der Waals surface area contributed by atoms with Crippen molar-refractivity contribution in [2.45, 2.75) is 39.5 Å². The first-order chi connectivity index (χ1) is 9.01. The molecule has 0 aromatic carbocycles. The minimum atomic E-state index is -3.46. The molecule has 0 atom stereocenters. The Morgan fingerprint density at radius 1 is 1.47 bits per heavy atom. The van der Waals surface area contributed by atoms with Gasteiger partial charge in [0.05, 0.1) is 0 Å². The van der Waals surface area contributed by atoms with Gasteiger partial charge < -0.3 is 0 Å². The first-order valence-corrected chi connectivity index (χ1v) is 8.27. The molecule has 6 nitrogen and oxygen atoms in total. The van der Waals surface area contributed by atoms with E-state index >= 15 is 0 Å². The highest BCUT2D eigenvalue weighted by Crippen LogP contribution is 2.20. The molecule has 0 radical (unpaired) electrons. The Labute approximate surface area is 114 Å². The number of aromatic amines is 1. The number of piperidine rings is 1. The van der Waals surface area contributed by atoms with Gasteiger partial charge in [0.25, 0.3) is 0 Å². The molecule has 108 valence electrons. The number of anilines is 1. The molecule has 0 aliphatic carbocycles. The summed E-state index contributed by atoms with van der Waals surface area (Å²) >= 11 is 0. The van der Waals surface area contributed by atoms with E-state index < -0.39 is 10.2 Å². The summed E-state index contributed by atoms with van der Waals surface area (Å²) in [5, 5.41) is 6.83. The van der Waals surface area contributed by atoms with Crippen LogP contribution in [0.5, 0.6) is 0 Å². The van der Waals surface area contributed by atoms with Crippen LogP contribution in [0.2, 0.25) is 0 Å². The number of rotatable bonds is 5. The summed E-state index contributed by atoms with van der Waals surface area (Å²) in [6.45, 7) is 5.40. The van der Waals surface area contributed by atoms with Gasteiger partial charge in [0.2, 0.25) is 0 Å². The number of hydrogen-bond acceptors (Lipinski definition) is 3. The molecule has 1 aromatic rings. The lowest BCUT2D eigenvalue weighted by Crippen LogP contribution is -2.41. The van der Waals surface area contributed by atoms with Crippen molar-refractivity contribution >= 4 is 16.0 Å². The minimum absolute atomic E-state index is 0.377. The average molecular weight is 286 g/mol. The summed E-state index contributed by atoms with van der Waals surface area (Å²) in [5.41, 5.74) is 0.951. The first kappa shape index (κ1) is 14.3. The summed E-state index contributed by atoms with van der Waals surface area (Å²) in [6.07, 6.45) is 3.71.